The van der Waals surface area contributed by atoms with Crippen molar-refractivity contribution in [2.24, 2.45) is 13.0 Å². The molecule has 0 aliphatic heterocycles. The maximum atomic E-state index is 13.2. The van der Waals surface area contributed by atoms with E-state index in [1.807, 2.05) is 42.3 Å². The number of methoxy groups -OCH3 is 1. The molecule has 6 nitrogen and oxygen atoms in total. The number of urea groups is 1. The smallest absolute Gasteiger partial charge is 0.323 e. The number of benzene rings is 1. The minimum Gasteiger partial charge on any atom is -0.497 e. The summed E-state index contributed by atoms with van der Waals surface area (Å²) in [6.07, 6.45) is 6.08. The molecule has 2 amide bonds. The van der Waals surface area contributed by atoms with Crippen LogP contribution >= 0.6 is 0 Å². The Morgan fingerprint density at radius 3 is 2.57 bits per heavy atom. The first-order chi connectivity index (χ1) is 13.5. The van der Waals surface area contributed by atoms with Gasteiger partial charge >= 0.3 is 6.03 Å². The molecule has 2 aromatic rings. The molecule has 6 heteroatoms. The molecule has 1 aromatic heterocycles. The maximum absolute atomic E-state index is 13.2. The summed E-state index contributed by atoms with van der Waals surface area (Å²) in [5, 5.41) is 7.71. The number of nitrogens with one attached hydrogen (secondary N) is 1. The number of hydrogen-bond donors (Lipinski definition) is 1. The van der Waals surface area contributed by atoms with Crippen molar-refractivity contribution in [3.05, 3.63) is 41.6 Å². The second-order valence-electron chi connectivity index (χ2n) is 8.19. The summed E-state index contributed by atoms with van der Waals surface area (Å²) in [7, 11) is 3.56. The van der Waals surface area contributed by atoms with Gasteiger partial charge < -0.3 is 9.64 Å². The van der Waals surface area contributed by atoms with Gasteiger partial charge in [-0.3, -0.25) is 10.00 Å². The minimum absolute atomic E-state index is 0.0571. The summed E-state index contributed by atoms with van der Waals surface area (Å²) in [5.74, 6) is 2.75. The molecule has 0 saturated heterocycles. The van der Waals surface area contributed by atoms with Crippen molar-refractivity contribution < 1.29 is 9.53 Å². The Labute approximate surface area is 166 Å². The maximum Gasteiger partial charge on any atom is 0.323 e. The summed E-state index contributed by atoms with van der Waals surface area (Å²) >= 11 is 0. The van der Waals surface area contributed by atoms with E-state index in [0.29, 0.717) is 18.4 Å². The van der Waals surface area contributed by atoms with Gasteiger partial charge in [0.2, 0.25) is 0 Å². The fraction of sp³-hybridized carbons (Fsp3) is 0.545. The summed E-state index contributed by atoms with van der Waals surface area (Å²) in [6, 6.07) is 10.1. The quantitative estimate of drug-likeness (QED) is 0.765. The fourth-order valence-electron chi connectivity index (χ4n) is 3.85. The van der Waals surface area contributed by atoms with Crippen molar-refractivity contribution in [3.63, 3.8) is 0 Å². The van der Waals surface area contributed by atoms with E-state index >= 15 is 0 Å². The van der Waals surface area contributed by atoms with Gasteiger partial charge in [-0.15, -0.1) is 0 Å². The van der Waals surface area contributed by atoms with Crippen LogP contribution in [-0.2, 0) is 13.6 Å². The van der Waals surface area contributed by atoms with Gasteiger partial charge in [0.15, 0.2) is 0 Å². The van der Waals surface area contributed by atoms with Crippen molar-refractivity contribution in [2.75, 3.05) is 12.4 Å². The molecule has 2 aliphatic rings. The normalized spacial score (nSPS) is 17.7. The molecule has 1 aromatic carbocycles. The van der Waals surface area contributed by atoms with Crippen LogP contribution in [-0.4, -0.2) is 33.9 Å². The highest BCUT2D eigenvalue weighted by atomic mass is 16.5. The Morgan fingerprint density at radius 1 is 1.29 bits per heavy atom. The van der Waals surface area contributed by atoms with Crippen LogP contribution in [0.2, 0.25) is 0 Å². The van der Waals surface area contributed by atoms with Gasteiger partial charge in [0.1, 0.15) is 11.6 Å². The molecule has 0 radical (unpaired) electrons. The Balaban J connectivity index is 1.48. The monoisotopic (exact) mass is 382 g/mol. The van der Waals surface area contributed by atoms with E-state index in [2.05, 4.69) is 17.3 Å². The molecule has 1 heterocycles. The van der Waals surface area contributed by atoms with E-state index in [1.54, 1.807) is 11.8 Å². The summed E-state index contributed by atoms with van der Waals surface area (Å²) in [6.45, 7) is 2.74. The highest BCUT2D eigenvalue weighted by Crippen LogP contribution is 2.37. The molecule has 2 saturated carbocycles. The molecule has 0 spiro atoms. The number of rotatable bonds is 7. The second kappa shape index (κ2) is 7.86. The minimum atomic E-state index is -0.0571. The summed E-state index contributed by atoms with van der Waals surface area (Å²) in [4.78, 5) is 15.1. The highest BCUT2D eigenvalue weighted by molar-refractivity contribution is 5.88. The molecule has 1 atom stereocenters. The third-order valence-corrected chi connectivity index (χ3v) is 6.23. The average molecular weight is 383 g/mol. The largest absolute Gasteiger partial charge is 0.497 e. The number of hydrogen-bond acceptors (Lipinski definition) is 3. The van der Waals surface area contributed by atoms with Crippen molar-refractivity contribution in [1.29, 1.82) is 0 Å². The third-order valence-electron chi connectivity index (χ3n) is 6.23. The third kappa shape index (κ3) is 4.01. The van der Waals surface area contributed by atoms with Crippen LogP contribution in [0.15, 0.2) is 30.3 Å². The Morgan fingerprint density at radius 2 is 2.00 bits per heavy atom. The van der Waals surface area contributed by atoms with E-state index in [0.717, 1.165) is 22.8 Å². The Kier molecular flexibility index (Phi) is 5.29. The lowest BCUT2D eigenvalue weighted by Gasteiger charge is -2.29. The van der Waals surface area contributed by atoms with E-state index < -0.39 is 0 Å². The molecule has 1 N–H and O–H groups in total. The predicted molar refractivity (Wildman–Crippen MR) is 110 cm³/mol. The number of nitrogens with zero attached hydrogens (tertiary/aromatic N) is 3. The van der Waals surface area contributed by atoms with Crippen LogP contribution in [0.4, 0.5) is 10.6 Å². The first-order valence-corrected chi connectivity index (χ1v) is 10.3. The summed E-state index contributed by atoms with van der Waals surface area (Å²) < 4.78 is 7.03. The van der Waals surface area contributed by atoms with Gasteiger partial charge in [0.05, 0.1) is 12.8 Å². The number of aromatic nitrogens is 2. The zero-order valence-electron chi connectivity index (χ0n) is 17.0. The zero-order chi connectivity index (χ0) is 19.7. The van der Waals surface area contributed by atoms with Crippen LogP contribution in [0, 0.1) is 5.92 Å². The van der Waals surface area contributed by atoms with Crippen molar-refractivity contribution in [2.45, 2.75) is 57.5 Å². The Hall–Kier alpha value is -2.50. The van der Waals surface area contributed by atoms with E-state index in [-0.39, 0.29) is 12.1 Å². The second-order valence-corrected chi connectivity index (χ2v) is 8.19. The number of carbonyl (C=O) groups is 1. The lowest BCUT2D eigenvalue weighted by Crippen LogP contribution is -2.42. The molecular weight excluding hydrogens is 352 g/mol. The van der Waals surface area contributed by atoms with Crippen molar-refractivity contribution >= 4 is 11.8 Å². The first-order valence-electron chi connectivity index (χ1n) is 10.3. The fourth-order valence-corrected chi connectivity index (χ4v) is 3.85. The Bertz CT molecular complexity index is 822. The van der Waals surface area contributed by atoms with Gasteiger partial charge in [0, 0.05) is 31.6 Å². The van der Waals surface area contributed by atoms with Gasteiger partial charge in [-0.05, 0) is 56.2 Å². The van der Waals surface area contributed by atoms with Gasteiger partial charge in [-0.1, -0.05) is 18.6 Å². The lowest BCUT2D eigenvalue weighted by molar-refractivity contribution is 0.180. The number of carbonyl (C=O) groups excluding carboxylic acids is 1. The number of ether oxygens (including phenoxy) is 1. The first kappa shape index (κ1) is 18.8. The van der Waals surface area contributed by atoms with E-state index in [1.165, 1.54) is 32.1 Å². The van der Waals surface area contributed by atoms with Crippen LogP contribution in [0.1, 0.15) is 56.2 Å². The highest BCUT2D eigenvalue weighted by Gasteiger charge is 2.34. The molecule has 1 unspecified atom stereocenters. The summed E-state index contributed by atoms with van der Waals surface area (Å²) in [5.41, 5.74) is 2.20. The van der Waals surface area contributed by atoms with Crippen LogP contribution in [0.25, 0.3) is 0 Å². The topological polar surface area (TPSA) is 59.4 Å². The lowest BCUT2D eigenvalue weighted by atomic mass is 9.83. The molecule has 2 fully saturated rings. The number of anilines is 1. The van der Waals surface area contributed by atoms with Gasteiger partial charge in [-0.2, -0.15) is 5.10 Å². The molecule has 4 rings (SSSR count). The molecular formula is C22H30N4O2. The van der Waals surface area contributed by atoms with Crippen LogP contribution < -0.4 is 10.1 Å². The SMILES string of the molecule is COc1ccc(CN(C(=O)Nc2cc(C3CCC3)nn2C)C(C)C2CC2)cc1. The van der Waals surface area contributed by atoms with Crippen molar-refractivity contribution in [1.82, 2.24) is 14.7 Å². The predicted octanol–water partition coefficient (Wildman–Crippen LogP) is 4.53. The molecule has 0 bridgehead atoms. The molecule has 28 heavy (non-hydrogen) atoms. The van der Waals surface area contributed by atoms with Gasteiger partial charge in [-0.25, -0.2) is 4.79 Å². The number of amides is 2. The van der Waals surface area contributed by atoms with Crippen LogP contribution in [0.5, 0.6) is 5.75 Å². The van der Waals surface area contributed by atoms with E-state index in [9.17, 15) is 4.79 Å². The van der Waals surface area contributed by atoms with Crippen LogP contribution in [0.3, 0.4) is 0 Å². The van der Waals surface area contributed by atoms with Gasteiger partial charge in [0.25, 0.3) is 0 Å². The average Bonchev–Trinajstić information content (AvgIpc) is 3.44. The molecule has 150 valence electrons. The standard InChI is InChI=1S/C22H30N4O2/c1-15(17-9-10-17)26(14-16-7-11-19(28-3)12-8-16)22(27)23-21-13-20(24-25(21)2)18-5-4-6-18/h7-8,11-13,15,17-18H,4-6,9-10,14H2,1-3H3,(H,23,27). The van der Waals surface area contributed by atoms with E-state index in [4.69, 9.17) is 4.74 Å². The van der Waals surface area contributed by atoms with Crippen molar-refractivity contribution in [3.8, 4) is 5.75 Å². The zero-order valence-corrected chi connectivity index (χ0v) is 17.0. The molecule has 2 aliphatic carbocycles. The number of aryl methyl sites for hydroxylation is 1.